The average molecular weight is 302 g/mol. The molecular weight excluding hydrogens is 280 g/mol. The molecule has 118 valence electrons. The largest absolute Gasteiger partial charge is 0.378 e. The van der Waals surface area contributed by atoms with Crippen molar-refractivity contribution in [3.05, 3.63) is 24.3 Å². The molecule has 1 aromatic carbocycles. The van der Waals surface area contributed by atoms with Crippen molar-refractivity contribution in [2.75, 3.05) is 23.4 Å². The third-order valence-corrected chi connectivity index (χ3v) is 4.36. The predicted octanol–water partition coefficient (Wildman–Crippen LogP) is 2.57. The van der Waals surface area contributed by atoms with Crippen molar-refractivity contribution < 1.29 is 14.3 Å². The molecular formula is C17H22N2O3. The molecule has 5 nitrogen and oxygen atoms in total. The van der Waals surface area contributed by atoms with E-state index in [1.54, 1.807) is 4.90 Å². The fourth-order valence-electron chi connectivity index (χ4n) is 3.05. The zero-order valence-electron chi connectivity index (χ0n) is 12.9. The molecule has 2 amide bonds. The number of ether oxygens (including phenoxy) is 1. The molecule has 1 fully saturated rings. The predicted molar refractivity (Wildman–Crippen MR) is 84.8 cm³/mol. The topological polar surface area (TPSA) is 58.6 Å². The molecule has 1 N–H and O–H groups in total. The second-order valence-corrected chi connectivity index (χ2v) is 6.09. The van der Waals surface area contributed by atoms with Crippen LogP contribution in [-0.4, -0.2) is 31.1 Å². The third kappa shape index (κ3) is 3.14. The van der Waals surface area contributed by atoms with Gasteiger partial charge in [-0.2, -0.15) is 0 Å². The van der Waals surface area contributed by atoms with Crippen LogP contribution in [0.25, 0.3) is 0 Å². The second-order valence-electron chi connectivity index (χ2n) is 6.09. The number of rotatable bonds is 3. The van der Waals surface area contributed by atoms with Crippen LogP contribution in [-0.2, 0) is 14.3 Å². The highest BCUT2D eigenvalue weighted by Crippen LogP contribution is 2.30. The summed E-state index contributed by atoms with van der Waals surface area (Å²) >= 11 is 0. The Kier molecular flexibility index (Phi) is 4.43. The summed E-state index contributed by atoms with van der Waals surface area (Å²) < 4.78 is 5.59. The second kappa shape index (κ2) is 6.48. The van der Waals surface area contributed by atoms with E-state index in [0.717, 1.165) is 31.6 Å². The van der Waals surface area contributed by atoms with Gasteiger partial charge in [0.15, 0.2) is 0 Å². The fourth-order valence-corrected chi connectivity index (χ4v) is 3.05. The molecule has 0 spiro atoms. The molecule has 2 atom stereocenters. The number of nitrogens with zero attached hydrogens (tertiary/aromatic N) is 1. The van der Waals surface area contributed by atoms with Gasteiger partial charge in [0, 0.05) is 19.6 Å². The Balaban J connectivity index is 1.75. The van der Waals surface area contributed by atoms with E-state index in [2.05, 4.69) is 5.32 Å². The molecule has 0 bridgehead atoms. The molecule has 2 unspecified atom stereocenters. The van der Waals surface area contributed by atoms with Crippen molar-refractivity contribution in [2.24, 2.45) is 5.92 Å². The highest BCUT2D eigenvalue weighted by Gasteiger charge is 2.28. The van der Waals surface area contributed by atoms with Crippen molar-refractivity contribution in [1.29, 1.82) is 0 Å². The molecule has 3 rings (SSSR count). The summed E-state index contributed by atoms with van der Waals surface area (Å²) in [6.45, 7) is 3.08. The number of fused-ring (bicyclic) bond motifs is 1. The monoisotopic (exact) mass is 302 g/mol. The Hall–Kier alpha value is -1.88. The minimum atomic E-state index is -0.223. The van der Waals surface area contributed by atoms with Crippen LogP contribution in [0.1, 0.15) is 32.6 Å². The number of amides is 2. The zero-order valence-corrected chi connectivity index (χ0v) is 12.9. The zero-order chi connectivity index (χ0) is 15.5. The van der Waals surface area contributed by atoms with E-state index < -0.39 is 0 Å². The van der Waals surface area contributed by atoms with Crippen molar-refractivity contribution >= 4 is 23.2 Å². The van der Waals surface area contributed by atoms with E-state index in [9.17, 15) is 9.59 Å². The molecule has 0 saturated carbocycles. The summed E-state index contributed by atoms with van der Waals surface area (Å²) in [5, 5.41) is 2.90. The van der Waals surface area contributed by atoms with Gasteiger partial charge in [-0.3, -0.25) is 9.59 Å². The van der Waals surface area contributed by atoms with Crippen LogP contribution in [0.4, 0.5) is 11.4 Å². The van der Waals surface area contributed by atoms with Crippen LogP contribution >= 0.6 is 0 Å². The van der Waals surface area contributed by atoms with E-state index >= 15 is 0 Å². The van der Waals surface area contributed by atoms with Crippen molar-refractivity contribution in [1.82, 2.24) is 0 Å². The van der Waals surface area contributed by atoms with E-state index in [0.29, 0.717) is 18.7 Å². The number of para-hydroxylation sites is 2. The molecule has 2 aliphatic heterocycles. The van der Waals surface area contributed by atoms with Gasteiger partial charge in [0.1, 0.15) is 0 Å². The molecule has 1 saturated heterocycles. The van der Waals surface area contributed by atoms with Crippen molar-refractivity contribution in [3.63, 3.8) is 0 Å². The molecule has 22 heavy (non-hydrogen) atoms. The quantitative estimate of drug-likeness (QED) is 0.933. The van der Waals surface area contributed by atoms with Crippen molar-refractivity contribution in [3.8, 4) is 0 Å². The lowest BCUT2D eigenvalue weighted by molar-refractivity contribution is -0.120. The normalized spacial score (nSPS) is 24.6. The number of benzene rings is 1. The Morgan fingerprint density at radius 1 is 1.41 bits per heavy atom. The summed E-state index contributed by atoms with van der Waals surface area (Å²) in [5.74, 6) is -0.202. The first-order valence-electron chi connectivity index (χ1n) is 7.97. The first-order valence-corrected chi connectivity index (χ1v) is 7.97. The van der Waals surface area contributed by atoms with E-state index in [4.69, 9.17) is 4.74 Å². The molecule has 2 heterocycles. The lowest BCUT2D eigenvalue weighted by Crippen LogP contribution is -2.36. The van der Waals surface area contributed by atoms with Gasteiger partial charge in [-0.25, -0.2) is 0 Å². The van der Waals surface area contributed by atoms with E-state index in [1.807, 2.05) is 31.2 Å². The number of hydrogen-bond acceptors (Lipinski definition) is 3. The van der Waals surface area contributed by atoms with E-state index in [1.165, 1.54) is 0 Å². The first kappa shape index (κ1) is 15.0. The van der Waals surface area contributed by atoms with Gasteiger partial charge >= 0.3 is 0 Å². The summed E-state index contributed by atoms with van der Waals surface area (Å²) in [6.07, 6.45) is 3.55. The number of hydrogen-bond donors (Lipinski definition) is 1. The molecule has 2 aliphatic rings. The standard InChI is InChI=1S/C17H22N2O3/c1-12-11-19(16(20)9-8-13-5-4-10-22-13)15-7-3-2-6-14(15)18-17(12)21/h2-3,6-7,12-13H,4-5,8-11H2,1H3,(H,18,21). The number of anilines is 2. The molecule has 5 heteroatoms. The van der Waals surface area contributed by atoms with Gasteiger partial charge in [-0.15, -0.1) is 0 Å². The molecule has 0 radical (unpaired) electrons. The van der Waals surface area contributed by atoms with Gasteiger partial charge in [0.25, 0.3) is 0 Å². The minimum Gasteiger partial charge on any atom is -0.378 e. The Labute approximate surface area is 130 Å². The van der Waals surface area contributed by atoms with Crippen LogP contribution in [0.5, 0.6) is 0 Å². The smallest absolute Gasteiger partial charge is 0.229 e. The maximum atomic E-state index is 12.7. The van der Waals surface area contributed by atoms with Gasteiger partial charge in [-0.1, -0.05) is 19.1 Å². The van der Waals surface area contributed by atoms with Gasteiger partial charge in [-0.05, 0) is 31.4 Å². The lowest BCUT2D eigenvalue weighted by Gasteiger charge is -2.24. The number of carbonyl (C=O) groups excluding carboxylic acids is 2. The van der Waals surface area contributed by atoms with Gasteiger partial charge < -0.3 is 15.0 Å². The number of nitrogens with one attached hydrogen (secondary N) is 1. The lowest BCUT2D eigenvalue weighted by atomic mass is 10.1. The van der Waals surface area contributed by atoms with Crippen LogP contribution < -0.4 is 10.2 Å². The average Bonchev–Trinajstić information content (AvgIpc) is 3.00. The molecule has 0 aliphatic carbocycles. The minimum absolute atomic E-state index is 0.0399. The summed E-state index contributed by atoms with van der Waals surface area (Å²) in [7, 11) is 0. The Bertz CT molecular complexity index is 567. The van der Waals surface area contributed by atoms with Crippen LogP contribution in [0, 0.1) is 5.92 Å². The van der Waals surface area contributed by atoms with Crippen LogP contribution in [0.2, 0.25) is 0 Å². The Morgan fingerprint density at radius 3 is 3.00 bits per heavy atom. The molecule has 1 aromatic rings. The highest BCUT2D eigenvalue weighted by atomic mass is 16.5. The van der Waals surface area contributed by atoms with Crippen LogP contribution in [0.15, 0.2) is 24.3 Å². The SMILES string of the molecule is CC1CN(C(=O)CCC2CCCO2)c2ccccc2NC1=O. The number of carbonyl (C=O) groups is 2. The highest BCUT2D eigenvalue weighted by molar-refractivity contribution is 6.04. The van der Waals surface area contributed by atoms with E-state index in [-0.39, 0.29) is 23.8 Å². The first-order chi connectivity index (χ1) is 10.6. The summed E-state index contributed by atoms with van der Waals surface area (Å²) in [6, 6.07) is 7.48. The Morgan fingerprint density at radius 2 is 2.23 bits per heavy atom. The van der Waals surface area contributed by atoms with Gasteiger partial charge in [0.2, 0.25) is 11.8 Å². The molecule has 0 aromatic heterocycles. The summed E-state index contributed by atoms with van der Waals surface area (Å²) in [4.78, 5) is 26.4. The third-order valence-electron chi connectivity index (χ3n) is 4.36. The maximum absolute atomic E-state index is 12.7. The van der Waals surface area contributed by atoms with Gasteiger partial charge in [0.05, 0.1) is 23.4 Å². The van der Waals surface area contributed by atoms with Crippen LogP contribution in [0.3, 0.4) is 0 Å². The van der Waals surface area contributed by atoms with Crippen molar-refractivity contribution in [2.45, 2.75) is 38.7 Å². The summed E-state index contributed by atoms with van der Waals surface area (Å²) in [5.41, 5.74) is 1.50. The maximum Gasteiger partial charge on any atom is 0.229 e. The fraction of sp³-hybridized carbons (Fsp3) is 0.529.